The highest BCUT2D eigenvalue weighted by Gasteiger charge is 2.19. The predicted molar refractivity (Wildman–Crippen MR) is 147 cm³/mol. The third-order valence-corrected chi connectivity index (χ3v) is 6.91. The van der Waals surface area contributed by atoms with E-state index in [1.165, 1.54) is 0 Å². The molecule has 3 aromatic rings. The second kappa shape index (κ2) is 12.4. The van der Waals surface area contributed by atoms with Crippen molar-refractivity contribution in [2.24, 2.45) is 4.99 Å². The van der Waals surface area contributed by atoms with Gasteiger partial charge in [0, 0.05) is 37.9 Å². The van der Waals surface area contributed by atoms with Crippen LogP contribution in [0.1, 0.15) is 41.3 Å². The first-order valence-electron chi connectivity index (χ1n) is 11.7. The number of fused-ring (bicyclic) bond motifs is 1. The van der Waals surface area contributed by atoms with Crippen LogP contribution in [0.15, 0.2) is 112 Å². The summed E-state index contributed by atoms with van der Waals surface area (Å²) in [5.74, 6) is -0.408. The Morgan fingerprint density at radius 3 is 2.42 bits per heavy atom. The molecule has 1 aliphatic rings. The van der Waals surface area contributed by atoms with Gasteiger partial charge in [0.15, 0.2) is 0 Å². The zero-order chi connectivity index (χ0) is 25.3. The maximum Gasteiger partial charge on any atom is 0.252 e. The number of allylic oxidation sites excluding steroid dienone is 2. The summed E-state index contributed by atoms with van der Waals surface area (Å²) in [6.45, 7) is 2.14. The lowest BCUT2D eigenvalue weighted by molar-refractivity contribution is -0.120. The lowest BCUT2D eigenvalue weighted by atomic mass is 10.0. The van der Waals surface area contributed by atoms with Gasteiger partial charge >= 0.3 is 0 Å². The monoisotopic (exact) mass is 515 g/mol. The molecule has 2 amide bonds. The maximum atomic E-state index is 12.3. The Morgan fingerprint density at radius 2 is 1.67 bits per heavy atom. The minimum Gasteiger partial charge on any atom is -0.338 e. The second-order valence-electron chi connectivity index (χ2n) is 7.99. The maximum absolute atomic E-state index is 12.3. The van der Waals surface area contributed by atoms with Crippen LogP contribution in [0.4, 0.5) is 0 Å². The number of carbonyl (C=O) groups excluding carboxylic acids is 2. The van der Waals surface area contributed by atoms with Crippen LogP contribution in [-0.2, 0) is 4.79 Å². The topological polar surface area (TPSA) is 70.6 Å². The number of aliphatic imine (C=N–C) groups is 1. The summed E-state index contributed by atoms with van der Waals surface area (Å²) < 4.78 is 0. The molecule has 0 bridgehead atoms. The molecule has 0 atom stereocenters. The van der Waals surface area contributed by atoms with Crippen LogP contribution in [0, 0.1) is 0 Å². The van der Waals surface area contributed by atoms with Crippen molar-refractivity contribution in [3.63, 3.8) is 0 Å². The second-order valence-corrected chi connectivity index (χ2v) is 9.51. The van der Waals surface area contributed by atoms with Gasteiger partial charge in [-0.2, -0.15) is 0 Å². The number of hydrogen-bond acceptors (Lipinski definition) is 4. The highest BCUT2D eigenvalue weighted by atomic mass is 35.5. The van der Waals surface area contributed by atoms with Crippen molar-refractivity contribution < 1.29 is 9.59 Å². The number of rotatable bonds is 8. The van der Waals surface area contributed by atoms with Gasteiger partial charge in [-0.1, -0.05) is 84.9 Å². The number of hydrogen-bond donors (Lipinski definition) is 2. The summed E-state index contributed by atoms with van der Waals surface area (Å²) >= 11 is 7.75. The van der Waals surface area contributed by atoms with Crippen LogP contribution in [0.5, 0.6) is 0 Å². The molecule has 1 heterocycles. The van der Waals surface area contributed by atoms with E-state index < -0.39 is 0 Å². The molecule has 182 valence electrons. The van der Waals surface area contributed by atoms with Gasteiger partial charge in [0.1, 0.15) is 0 Å². The molecule has 7 heteroatoms. The van der Waals surface area contributed by atoms with Crippen LogP contribution in [0.2, 0.25) is 5.02 Å². The Balaban J connectivity index is 1.45. The first kappa shape index (κ1) is 25.5. The van der Waals surface area contributed by atoms with Gasteiger partial charge in [0.2, 0.25) is 5.91 Å². The van der Waals surface area contributed by atoms with Crippen molar-refractivity contribution in [3.8, 4) is 0 Å². The molecule has 0 aliphatic carbocycles. The van der Waals surface area contributed by atoms with Gasteiger partial charge in [0.25, 0.3) is 5.91 Å². The number of benzene rings is 3. The number of nitrogens with one attached hydrogen (secondary N) is 2. The van der Waals surface area contributed by atoms with E-state index in [4.69, 9.17) is 16.6 Å². The smallest absolute Gasteiger partial charge is 0.252 e. The summed E-state index contributed by atoms with van der Waals surface area (Å²) in [7, 11) is 0. The van der Waals surface area contributed by atoms with Crippen molar-refractivity contribution in [1.29, 1.82) is 0 Å². The fraction of sp³-hybridized carbons (Fsp3) is 0.138. The third kappa shape index (κ3) is 6.53. The molecule has 3 aromatic carbocycles. The summed E-state index contributed by atoms with van der Waals surface area (Å²) in [6, 6.07) is 24.8. The average Bonchev–Trinajstić information content (AvgIpc) is 3.06. The Bertz CT molecular complexity index is 1330. The van der Waals surface area contributed by atoms with Gasteiger partial charge in [0.05, 0.1) is 18.1 Å². The van der Waals surface area contributed by atoms with Crippen molar-refractivity contribution in [2.75, 3.05) is 6.67 Å². The number of carbonyl (C=O) groups is 2. The number of thioether (sulfide) groups is 1. The Kier molecular flexibility index (Phi) is 8.76. The Labute approximate surface area is 220 Å². The number of amides is 2. The average molecular weight is 516 g/mol. The van der Waals surface area contributed by atoms with E-state index in [0.717, 1.165) is 38.8 Å². The lowest BCUT2D eigenvalue weighted by Crippen LogP contribution is -2.36. The zero-order valence-electron chi connectivity index (χ0n) is 19.8. The van der Waals surface area contributed by atoms with E-state index in [9.17, 15) is 9.59 Å². The summed E-state index contributed by atoms with van der Waals surface area (Å²) in [4.78, 5) is 31.5. The van der Waals surface area contributed by atoms with E-state index in [1.807, 2.05) is 54.6 Å². The van der Waals surface area contributed by atoms with Crippen molar-refractivity contribution in [3.05, 3.63) is 123 Å². The predicted octanol–water partition coefficient (Wildman–Crippen LogP) is 6.35. The quantitative estimate of drug-likeness (QED) is 0.343. The van der Waals surface area contributed by atoms with E-state index >= 15 is 0 Å². The molecular formula is C29H26ClN3O2S. The molecule has 4 rings (SSSR count). The van der Waals surface area contributed by atoms with E-state index in [-0.39, 0.29) is 24.9 Å². The van der Waals surface area contributed by atoms with Crippen molar-refractivity contribution >= 4 is 40.9 Å². The van der Waals surface area contributed by atoms with Crippen LogP contribution in [0.25, 0.3) is 0 Å². The van der Waals surface area contributed by atoms with Gasteiger partial charge < -0.3 is 10.6 Å². The third-order valence-electron chi connectivity index (χ3n) is 5.49. The SMILES string of the molecule is CCC1=C(/C=C\CC(=O)NCNC(=O)c2ccccc2)Sc2ccccc2C(c2ccc(Cl)cc2)=N1. The molecule has 2 N–H and O–H groups in total. The normalized spacial score (nSPS) is 13.1. The standard InChI is InChI=1S/C29H26ClN3O2S/c1-2-24-26(13-8-14-27(34)31-19-32-29(35)21-9-4-3-5-10-21)36-25-12-7-6-11-23(25)28(33-24)20-15-17-22(30)18-16-20/h3-13,15-18H,2,14,19H2,1H3,(H,31,34)(H,32,35)/b13-8-. The molecular weight excluding hydrogens is 490 g/mol. The van der Waals surface area contributed by atoms with Gasteiger partial charge in [-0.15, -0.1) is 0 Å². The van der Waals surface area contributed by atoms with E-state index in [0.29, 0.717) is 10.6 Å². The summed E-state index contributed by atoms with van der Waals surface area (Å²) in [6.07, 6.45) is 4.72. The Morgan fingerprint density at radius 1 is 0.944 bits per heavy atom. The van der Waals surface area contributed by atoms with Gasteiger partial charge in [-0.25, -0.2) is 0 Å². The van der Waals surface area contributed by atoms with Crippen molar-refractivity contribution in [1.82, 2.24) is 10.6 Å². The van der Waals surface area contributed by atoms with Crippen LogP contribution < -0.4 is 10.6 Å². The number of halogens is 1. The fourth-order valence-corrected chi connectivity index (χ4v) is 4.91. The highest BCUT2D eigenvalue weighted by Crippen LogP contribution is 2.38. The molecule has 0 aromatic heterocycles. The molecule has 0 radical (unpaired) electrons. The molecule has 1 aliphatic heterocycles. The van der Waals surface area contributed by atoms with Gasteiger partial charge in [-0.05, 0) is 42.8 Å². The highest BCUT2D eigenvalue weighted by molar-refractivity contribution is 8.03. The first-order valence-corrected chi connectivity index (χ1v) is 12.9. The molecule has 5 nitrogen and oxygen atoms in total. The molecule has 0 saturated heterocycles. The Hall–Kier alpha value is -3.61. The summed E-state index contributed by atoms with van der Waals surface area (Å²) in [5, 5.41) is 6.10. The fourth-order valence-electron chi connectivity index (χ4n) is 3.65. The number of nitrogens with zero attached hydrogens (tertiary/aromatic N) is 1. The molecule has 0 fully saturated rings. The molecule has 0 unspecified atom stereocenters. The van der Waals surface area contributed by atoms with Gasteiger partial charge in [-0.3, -0.25) is 14.6 Å². The molecule has 0 spiro atoms. The molecule has 36 heavy (non-hydrogen) atoms. The van der Waals surface area contributed by atoms with E-state index in [1.54, 1.807) is 36.0 Å². The first-order chi connectivity index (χ1) is 17.5. The minimum absolute atomic E-state index is 0.0696. The largest absolute Gasteiger partial charge is 0.338 e. The minimum atomic E-state index is -0.230. The lowest BCUT2D eigenvalue weighted by Gasteiger charge is -2.09. The molecule has 0 saturated carbocycles. The van der Waals surface area contributed by atoms with Crippen LogP contribution >= 0.6 is 23.4 Å². The van der Waals surface area contributed by atoms with Crippen LogP contribution in [0.3, 0.4) is 0 Å². The zero-order valence-corrected chi connectivity index (χ0v) is 21.4. The van der Waals surface area contributed by atoms with Crippen molar-refractivity contribution in [2.45, 2.75) is 24.7 Å². The summed E-state index contributed by atoms with van der Waals surface area (Å²) in [5.41, 5.74) is 4.47. The van der Waals surface area contributed by atoms with Crippen LogP contribution in [-0.4, -0.2) is 24.2 Å². The van der Waals surface area contributed by atoms with E-state index in [2.05, 4.69) is 29.7 Å².